The van der Waals surface area contributed by atoms with E-state index in [-0.39, 0.29) is 0 Å². The molecule has 1 heterocycles. The summed E-state index contributed by atoms with van der Waals surface area (Å²) in [7, 11) is 0. The van der Waals surface area contributed by atoms with Crippen molar-refractivity contribution in [2.45, 2.75) is 25.9 Å². The molecule has 0 aliphatic carbocycles. The van der Waals surface area contributed by atoms with Crippen molar-refractivity contribution in [3.63, 3.8) is 0 Å². The summed E-state index contributed by atoms with van der Waals surface area (Å²) in [5, 5.41) is 7.76. The van der Waals surface area contributed by atoms with Crippen LogP contribution in [-0.4, -0.2) is 22.4 Å². The fraction of sp³-hybridized carbons (Fsp3) is 0.312. The number of aromatic nitrogens is 2. The molecule has 3 heteroatoms. The van der Waals surface area contributed by atoms with E-state index >= 15 is 0 Å². The van der Waals surface area contributed by atoms with Crippen LogP contribution in [0, 0.1) is 0 Å². The Balaban J connectivity index is 1.78. The summed E-state index contributed by atoms with van der Waals surface area (Å²) in [5.74, 6) is 0. The van der Waals surface area contributed by atoms with Gasteiger partial charge in [-0.05, 0) is 25.5 Å². The summed E-state index contributed by atoms with van der Waals surface area (Å²) in [6.07, 6.45) is 8.11. The van der Waals surface area contributed by atoms with Gasteiger partial charge >= 0.3 is 0 Å². The molecule has 3 nitrogen and oxygen atoms in total. The zero-order valence-corrected chi connectivity index (χ0v) is 11.5. The Morgan fingerprint density at radius 1 is 1.21 bits per heavy atom. The number of rotatable bonds is 6. The lowest BCUT2D eigenvalue weighted by molar-refractivity contribution is 0.376. The van der Waals surface area contributed by atoms with Crippen molar-refractivity contribution in [2.75, 3.05) is 6.54 Å². The highest BCUT2D eigenvalue weighted by atomic mass is 15.3. The van der Waals surface area contributed by atoms with Crippen molar-refractivity contribution < 1.29 is 0 Å². The van der Waals surface area contributed by atoms with Gasteiger partial charge in [0.1, 0.15) is 0 Å². The minimum atomic E-state index is 0.347. The molecule has 0 saturated carbocycles. The van der Waals surface area contributed by atoms with E-state index < -0.39 is 0 Å². The van der Waals surface area contributed by atoms with Crippen LogP contribution >= 0.6 is 0 Å². The molecule has 0 fully saturated rings. The van der Waals surface area contributed by atoms with Crippen LogP contribution in [0.3, 0.4) is 0 Å². The van der Waals surface area contributed by atoms with Gasteiger partial charge in [-0.3, -0.25) is 4.68 Å². The smallest absolute Gasteiger partial charge is 0.0641 e. The van der Waals surface area contributed by atoms with Crippen LogP contribution in [0.2, 0.25) is 0 Å². The van der Waals surface area contributed by atoms with Crippen molar-refractivity contribution in [3.8, 4) is 0 Å². The average molecular weight is 255 g/mol. The van der Waals surface area contributed by atoms with Gasteiger partial charge in [0, 0.05) is 25.0 Å². The quantitative estimate of drug-likeness (QED) is 0.859. The second-order valence-electron chi connectivity index (χ2n) is 4.74. The number of hydrogen-bond acceptors (Lipinski definition) is 2. The van der Waals surface area contributed by atoms with E-state index in [4.69, 9.17) is 0 Å². The number of hydrogen-bond donors (Lipinski definition) is 1. The zero-order valence-electron chi connectivity index (χ0n) is 11.5. The van der Waals surface area contributed by atoms with E-state index in [1.165, 1.54) is 5.56 Å². The molecule has 0 aliphatic rings. The van der Waals surface area contributed by atoms with Crippen molar-refractivity contribution in [3.05, 3.63) is 60.4 Å². The fourth-order valence-electron chi connectivity index (χ4n) is 1.93. The first-order valence-electron chi connectivity index (χ1n) is 6.71. The maximum absolute atomic E-state index is 4.27. The highest BCUT2D eigenvalue weighted by molar-refractivity contribution is 5.48. The van der Waals surface area contributed by atoms with E-state index in [9.17, 15) is 0 Å². The van der Waals surface area contributed by atoms with Gasteiger partial charge in [-0.1, -0.05) is 42.5 Å². The number of benzene rings is 1. The molecule has 0 spiro atoms. The van der Waals surface area contributed by atoms with Gasteiger partial charge in [0.25, 0.3) is 0 Å². The van der Waals surface area contributed by atoms with Gasteiger partial charge in [0.05, 0.1) is 6.04 Å². The third-order valence-electron chi connectivity index (χ3n) is 3.33. The van der Waals surface area contributed by atoms with Crippen molar-refractivity contribution in [2.24, 2.45) is 0 Å². The van der Waals surface area contributed by atoms with Gasteiger partial charge in [-0.25, -0.2) is 0 Å². The van der Waals surface area contributed by atoms with Crippen molar-refractivity contribution in [1.82, 2.24) is 15.1 Å². The van der Waals surface area contributed by atoms with E-state index in [0.717, 1.165) is 6.54 Å². The molecule has 0 radical (unpaired) electrons. The van der Waals surface area contributed by atoms with Gasteiger partial charge in [0.15, 0.2) is 0 Å². The Labute approximate surface area is 115 Å². The summed E-state index contributed by atoms with van der Waals surface area (Å²) in [5.41, 5.74) is 1.23. The molecule has 0 amide bonds. The third kappa shape index (κ3) is 4.07. The molecule has 2 aromatic rings. The largest absolute Gasteiger partial charge is 0.309 e. The second-order valence-corrected chi connectivity index (χ2v) is 4.74. The molecule has 1 aromatic heterocycles. The van der Waals surface area contributed by atoms with Crippen LogP contribution in [0.4, 0.5) is 0 Å². The average Bonchev–Trinajstić information content (AvgIpc) is 2.98. The van der Waals surface area contributed by atoms with Crippen molar-refractivity contribution >= 4 is 6.08 Å². The number of nitrogens with zero attached hydrogens (tertiary/aromatic N) is 2. The molecule has 2 rings (SSSR count). The highest BCUT2D eigenvalue weighted by Crippen LogP contribution is 2.08. The van der Waals surface area contributed by atoms with E-state index in [0.29, 0.717) is 12.1 Å². The van der Waals surface area contributed by atoms with Crippen LogP contribution in [0.15, 0.2) is 54.9 Å². The normalized spacial score (nSPS) is 14.6. The Kier molecular flexibility index (Phi) is 4.93. The zero-order chi connectivity index (χ0) is 13.5. The second kappa shape index (κ2) is 6.90. The van der Waals surface area contributed by atoms with Crippen molar-refractivity contribution in [1.29, 1.82) is 0 Å². The van der Waals surface area contributed by atoms with Crippen LogP contribution in [-0.2, 0) is 0 Å². The maximum atomic E-state index is 4.27. The minimum Gasteiger partial charge on any atom is -0.309 e. The maximum Gasteiger partial charge on any atom is 0.0641 e. The minimum absolute atomic E-state index is 0.347. The molecular formula is C16H21N3. The molecule has 0 saturated heterocycles. The van der Waals surface area contributed by atoms with Crippen LogP contribution < -0.4 is 5.32 Å². The molecule has 1 N–H and O–H groups in total. The standard InChI is InChI=1S/C16H21N3/c1-14(15(2)19-13-7-12-18-19)17-11-6-10-16-8-4-3-5-9-16/h3-10,12-15,17H,11H2,1-2H3/b10-6-/t14-,15-/m0/s1. The Bertz CT molecular complexity index is 488. The summed E-state index contributed by atoms with van der Waals surface area (Å²) in [6, 6.07) is 13.0. The van der Waals surface area contributed by atoms with Crippen LogP contribution in [0.5, 0.6) is 0 Å². The lowest BCUT2D eigenvalue weighted by atomic mass is 10.1. The first-order valence-corrected chi connectivity index (χ1v) is 6.71. The molecule has 0 unspecified atom stereocenters. The van der Waals surface area contributed by atoms with E-state index in [2.05, 4.69) is 60.7 Å². The third-order valence-corrected chi connectivity index (χ3v) is 3.33. The lowest BCUT2D eigenvalue weighted by Crippen LogP contribution is -2.34. The van der Waals surface area contributed by atoms with Gasteiger partial charge in [-0.2, -0.15) is 5.10 Å². The van der Waals surface area contributed by atoms with Crippen LogP contribution in [0.1, 0.15) is 25.5 Å². The molecule has 2 atom stereocenters. The first-order chi connectivity index (χ1) is 9.27. The van der Waals surface area contributed by atoms with Crippen LogP contribution in [0.25, 0.3) is 6.08 Å². The highest BCUT2D eigenvalue weighted by Gasteiger charge is 2.12. The molecule has 1 aromatic carbocycles. The van der Waals surface area contributed by atoms with E-state index in [1.54, 1.807) is 0 Å². The monoisotopic (exact) mass is 255 g/mol. The topological polar surface area (TPSA) is 29.9 Å². The molecular weight excluding hydrogens is 234 g/mol. The summed E-state index contributed by atoms with van der Waals surface area (Å²) in [6.45, 7) is 5.22. The molecule has 0 aliphatic heterocycles. The molecule has 100 valence electrons. The Hall–Kier alpha value is -1.87. The molecule has 0 bridgehead atoms. The summed E-state index contributed by atoms with van der Waals surface area (Å²) < 4.78 is 1.98. The number of nitrogens with one attached hydrogen (secondary N) is 1. The predicted molar refractivity (Wildman–Crippen MR) is 79.9 cm³/mol. The molecule has 19 heavy (non-hydrogen) atoms. The van der Waals surface area contributed by atoms with E-state index in [1.807, 2.05) is 29.2 Å². The SMILES string of the molecule is C[C@H](NC/C=C\c1ccccc1)[C@H](C)n1cccn1. The Morgan fingerprint density at radius 3 is 2.68 bits per heavy atom. The summed E-state index contributed by atoms with van der Waals surface area (Å²) in [4.78, 5) is 0. The summed E-state index contributed by atoms with van der Waals surface area (Å²) >= 11 is 0. The van der Waals surface area contributed by atoms with Gasteiger partial charge in [0.2, 0.25) is 0 Å². The predicted octanol–water partition coefficient (Wildman–Crippen LogP) is 3.14. The fourth-order valence-corrected chi connectivity index (χ4v) is 1.93. The first kappa shape index (κ1) is 13.6. The van der Waals surface area contributed by atoms with Gasteiger partial charge < -0.3 is 5.32 Å². The van der Waals surface area contributed by atoms with Gasteiger partial charge in [-0.15, -0.1) is 0 Å². The Morgan fingerprint density at radius 2 is 2.00 bits per heavy atom. The lowest BCUT2D eigenvalue weighted by Gasteiger charge is -2.21.